The molecule has 0 atom stereocenters. The summed E-state index contributed by atoms with van der Waals surface area (Å²) in [7, 11) is 0. The molecule has 0 unspecified atom stereocenters. The number of hydrogen-bond donors (Lipinski definition) is 1. The largest absolute Gasteiger partial charge is 0.393 e. The molecule has 1 saturated heterocycles. The van der Waals surface area contributed by atoms with E-state index in [2.05, 4.69) is 24.3 Å². The Labute approximate surface area is 115 Å². The molecule has 1 heterocycles. The van der Waals surface area contributed by atoms with Gasteiger partial charge in [0.1, 0.15) is 0 Å². The molecule has 1 aliphatic heterocycles. The highest BCUT2D eigenvalue weighted by molar-refractivity contribution is 5.76. The maximum atomic E-state index is 12.0. The fraction of sp³-hybridized carbons (Fsp3) is 0.562. The summed E-state index contributed by atoms with van der Waals surface area (Å²) in [5.41, 5.74) is 1.34. The number of amides is 1. The Hall–Kier alpha value is -1.35. The van der Waals surface area contributed by atoms with Crippen molar-refractivity contribution in [3.63, 3.8) is 0 Å². The van der Waals surface area contributed by atoms with Crippen LogP contribution in [0.15, 0.2) is 30.3 Å². The van der Waals surface area contributed by atoms with Crippen LogP contribution >= 0.6 is 0 Å². The van der Waals surface area contributed by atoms with Gasteiger partial charge in [0.15, 0.2) is 0 Å². The molecule has 0 aliphatic carbocycles. The summed E-state index contributed by atoms with van der Waals surface area (Å²) in [5.74, 6) is 0.250. The predicted molar refractivity (Wildman–Crippen MR) is 75.8 cm³/mol. The van der Waals surface area contributed by atoms with Gasteiger partial charge in [-0.2, -0.15) is 0 Å². The molecule has 1 aromatic rings. The minimum atomic E-state index is -0.206. The minimum absolute atomic E-state index is 0.206. The lowest BCUT2D eigenvalue weighted by atomic mass is 10.1. The highest BCUT2D eigenvalue weighted by atomic mass is 16.3. The van der Waals surface area contributed by atoms with Gasteiger partial charge in [-0.1, -0.05) is 30.3 Å². The SMILES string of the molecule is O=C(CCCCc1ccccc1)N1CCC(O)CC1. The molecule has 1 aromatic carbocycles. The fourth-order valence-corrected chi connectivity index (χ4v) is 2.52. The first-order chi connectivity index (χ1) is 9.25. The molecule has 104 valence electrons. The van der Waals surface area contributed by atoms with E-state index in [1.807, 2.05) is 11.0 Å². The summed E-state index contributed by atoms with van der Waals surface area (Å²) < 4.78 is 0. The van der Waals surface area contributed by atoms with Crippen molar-refractivity contribution >= 4 is 5.91 Å². The Kier molecular flexibility index (Phi) is 5.40. The van der Waals surface area contributed by atoms with E-state index in [0.29, 0.717) is 6.42 Å². The molecule has 1 fully saturated rings. The number of likely N-dealkylation sites (tertiary alicyclic amines) is 1. The third kappa shape index (κ3) is 4.67. The minimum Gasteiger partial charge on any atom is -0.393 e. The second-order valence-corrected chi connectivity index (χ2v) is 5.30. The van der Waals surface area contributed by atoms with Crippen LogP contribution in [0.4, 0.5) is 0 Å². The zero-order valence-electron chi connectivity index (χ0n) is 11.4. The van der Waals surface area contributed by atoms with Crippen LogP contribution in [0.2, 0.25) is 0 Å². The summed E-state index contributed by atoms with van der Waals surface area (Å²) >= 11 is 0. The third-order valence-electron chi connectivity index (χ3n) is 3.77. The molecular formula is C16H23NO2. The van der Waals surface area contributed by atoms with Crippen molar-refractivity contribution in [1.29, 1.82) is 0 Å². The van der Waals surface area contributed by atoms with Crippen molar-refractivity contribution in [3.8, 4) is 0 Å². The highest BCUT2D eigenvalue weighted by Crippen LogP contribution is 2.13. The van der Waals surface area contributed by atoms with Crippen molar-refractivity contribution < 1.29 is 9.90 Å². The highest BCUT2D eigenvalue weighted by Gasteiger charge is 2.20. The van der Waals surface area contributed by atoms with Gasteiger partial charge in [-0.05, 0) is 37.7 Å². The molecule has 1 amide bonds. The van der Waals surface area contributed by atoms with E-state index in [9.17, 15) is 9.90 Å². The summed E-state index contributed by atoms with van der Waals surface area (Å²) in [4.78, 5) is 13.9. The zero-order valence-corrected chi connectivity index (χ0v) is 11.4. The normalized spacial score (nSPS) is 16.6. The molecule has 0 bridgehead atoms. The lowest BCUT2D eigenvalue weighted by molar-refractivity contribution is -0.133. The number of aryl methyl sites for hydroxylation is 1. The Balaban J connectivity index is 1.61. The Bertz CT molecular complexity index is 383. The molecule has 2 rings (SSSR count). The second-order valence-electron chi connectivity index (χ2n) is 5.30. The fourth-order valence-electron chi connectivity index (χ4n) is 2.52. The van der Waals surface area contributed by atoms with Gasteiger partial charge in [0.25, 0.3) is 0 Å². The van der Waals surface area contributed by atoms with Crippen LogP contribution in [0.5, 0.6) is 0 Å². The lowest BCUT2D eigenvalue weighted by Crippen LogP contribution is -2.39. The first-order valence-electron chi connectivity index (χ1n) is 7.25. The van der Waals surface area contributed by atoms with Gasteiger partial charge in [-0.15, -0.1) is 0 Å². The molecule has 1 aliphatic rings. The van der Waals surface area contributed by atoms with Crippen molar-refractivity contribution in [3.05, 3.63) is 35.9 Å². The molecule has 1 N–H and O–H groups in total. The van der Waals surface area contributed by atoms with Gasteiger partial charge in [-0.3, -0.25) is 4.79 Å². The lowest BCUT2D eigenvalue weighted by Gasteiger charge is -2.29. The van der Waals surface area contributed by atoms with E-state index in [4.69, 9.17) is 0 Å². The van der Waals surface area contributed by atoms with E-state index in [0.717, 1.165) is 45.2 Å². The number of aliphatic hydroxyl groups is 1. The van der Waals surface area contributed by atoms with Crippen LogP contribution in [0, 0.1) is 0 Å². The molecule has 3 heteroatoms. The molecule has 0 radical (unpaired) electrons. The van der Waals surface area contributed by atoms with Crippen molar-refractivity contribution in [2.24, 2.45) is 0 Å². The average Bonchev–Trinajstić information content (AvgIpc) is 2.45. The number of benzene rings is 1. The number of aliphatic hydroxyl groups excluding tert-OH is 1. The van der Waals surface area contributed by atoms with Gasteiger partial charge in [-0.25, -0.2) is 0 Å². The summed E-state index contributed by atoms with van der Waals surface area (Å²) in [6.07, 6.45) is 4.96. The number of carbonyl (C=O) groups excluding carboxylic acids is 1. The van der Waals surface area contributed by atoms with Crippen LogP contribution < -0.4 is 0 Å². The molecule has 0 aromatic heterocycles. The number of piperidine rings is 1. The molecule has 0 spiro atoms. The number of rotatable bonds is 5. The number of hydrogen-bond acceptors (Lipinski definition) is 2. The summed E-state index contributed by atoms with van der Waals surface area (Å²) in [6.45, 7) is 1.44. The van der Waals surface area contributed by atoms with Gasteiger partial charge < -0.3 is 10.0 Å². The van der Waals surface area contributed by atoms with E-state index < -0.39 is 0 Å². The van der Waals surface area contributed by atoms with Crippen LogP contribution in [0.3, 0.4) is 0 Å². The van der Waals surface area contributed by atoms with Gasteiger partial charge in [0.05, 0.1) is 6.10 Å². The van der Waals surface area contributed by atoms with Gasteiger partial charge in [0.2, 0.25) is 5.91 Å². The second kappa shape index (κ2) is 7.29. The topological polar surface area (TPSA) is 40.5 Å². The van der Waals surface area contributed by atoms with Crippen molar-refractivity contribution in [1.82, 2.24) is 4.90 Å². The molecule has 19 heavy (non-hydrogen) atoms. The van der Waals surface area contributed by atoms with E-state index in [1.54, 1.807) is 0 Å². The quantitative estimate of drug-likeness (QED) is 0.827. The average molecular weight is 261 g/mol. The first-order valence-corrected chi connectivity index (χ1v) is 7.25. The van der Waals surface area contributed by atoms with Crippen LogP contribution in [0.1, 0.15) is 37.7 Å². The number of unbranched alkanes of at least 4 members (excludes halogenated alkanes) is 1. The first kappa shape index (κ1) is 14.1. The number of carbonyl (C=O) groups is 1. The maximum absolute atomic E-state index is 12.0. The van der Waals surface area contributed by atoms with Gasteiger partial charge >= 0.3 is 0 Å². The summed E-state index contributed by atoms with van der Waals surface area (Å²) in [6, 6.07) is 10.4. The van der Waals surface area contributed by atoms with Crippen molar-refractivity contribution in [2.75, 3.05) is 13.1 Å². The predicted octanol–water partition coefficient (Wildman–Crippen LogP) is 2.38. The molecular weight excluding hydrogens is 238 g/mol. The van der Waals surface area contributed by atoms with E-state index >= 15 is 0 Å². The van der Waals surface area contributed by atoms with Crippen LogP contribution in [0.25, 0.3) is 0 Å². The van der Waals surface area contributed by atoms with Gasteiger partial charge in [0, 0.05) is 19.5 Å². The number of nitrogens with zero attached hydrogens (tertiary/aromatic N) is 1. The monoisotopic (exact) mass is 261 g/mol. The zero-order chi connectivity index (χ0) is 13.5. The van der Waals surface area contributed by atoms with E-state index in [-0.39, 0.29) is 12.0 Å². The summed E-state index contributed by atoms with van der Waals surface area (Å²) in [5, 5.41) is 9.41. The van der Waals surface area contributed by atoms with Crippen LogP contribution in [-0.2, 0) is 11.2 Å². The Morgan fingerprint density at radius 2 is 1.84 bits per heavy atom. The molecule has 0 saturated carbocycles. The standard InChI is InChI=1S/C16H23NO2/c18-15-10-12-17(13-11-15)16(19)9-5-4-8-14-6-2-1-3-7-14/h1-3,6-7,15,18H,4-5,8-13H2. The smallest absolute Gasteiger partial charge is 0.222 e. The Morgan fingerprint density at radius 1 is 1.16 bits per heavy atom. The van der Waals surface area contributed by atoms with Crippen LogP contribution in [-0.4, -0.2) is 35.1 Å². The van der Waals surface area contributed by atoms with E-state index in [1.165, 1.54) is 5.56 Å². The van der Waals surface area contributed by atoms with Crippen molar-refractivity contribution in [2.45, 2.75) is 44.6 Å². The Morgan fingerprint density at radius 3 is 2.53 bits per heavy atom. The molecule has 3 nitrogen and oxygen atoms in total. The maximum Gasteiger partial charge on any atom is 0.222 e. The third-order valence-corrected chi connectivity index (χ3v) is 3.77.